The highest BCUT2D eigenvalue weighted by atomic mass is 32.1. The van der Waals surface area contributed by atoms with Gasteiger partial charge in [-0.05, 0) is 67.7 Å². The first-order chi connectivity index (χ1) is 17.5. The van der Waals surface area contributed by atoms with Gasteiger partial charge < -0.3 is 15.5 Å². The zero-order chi connectivity index (χ0) is 27.0. The van der Waals surface area contributed by atoms with Gasteiger partial charge in [-0.25, -0.2) is 4.98 Å². The Morgan fingerprint density at radius 1 is 1.30 bits per heavy atom. The van der Waals surface area contributed by atoms with Gasteiger partial charge in [0.25, 0.3) is 0 Å². The van der Waals surface area contributed by atoms with Crippen molar-refractivity contribution in [3.63, 3.8) is 0 Å². The summed E-state index contributed by atoms with van der Waals surface area (Å²) >= 11 is 1.59. The number of anilines is 1. The van der Waals surface area contributed by atoms with Gasteiger partial charge in [0.15, 0.2) is 0 Å². The molecule has 1 aromatic heterocycles. The first kappa shape index (κ1) is 26.8. The molecule has 196 valence electrons. The lowest BCUT2D eigenvalue weighted by atomic mass is 9.85. The molecule has 0 spiro atoms. The van der Waals surface area contributed by atoms with Crippen molar-refractivity contribution < 1.29 is 14.4 Å². The van der Waals surface area contributed by atoms with Crippen LogP contribution in [-0.4, -0.2) is 46.2 Å². The zero-order valence-electron chi connectivity index (χ0n) is 22.2. The molecule has 2 N–H and O–H groups in total. The molecule has 8 nitrogen and oxygen atoms in total. The summed E-state index contributed by atoms with van der Waals surface area (Å²) in [6.45, 7) is 10.1. The van der Waals surface area contributed by atoms with Crippen LogP contribution in [0.15, 0.2) is 23.7 Å². The Morgan fingerprint density at radius 2 is 2.03 bits per heavy atom. The first-order valence-corrected chi connectivity index (χ1v) is 13.8. The Kier molecular flexibility index (Phi) is 7.43. The highest BCUT2D eigenvalue weighted by Crippen LogP contribution is 2.45. The Labute approximate surface area is 222 Å². The number of nitriles is 1. The highest BCUT2D eigenvalue weighted by molar-refractivity contribution is 7.13. The third-order valence-corrected chi connectivity index (χ3v) is 8.35. The van der Waals surface area contributed by atoms with Crippen molar-refractivity contribution in [2.75, 3.05) is 11.9 Å². The monoisotopic (exact) mass is 521 g/mol. The van der Waals surface area contributed by atoms with Crippen molar-refractivity contribution in [3.8, 4) is 16.5 Å². The fourth-order valence-corrected chi connectivity index (χ4v) is 5.65. The lowest BCUT2D eigenvalue weighted by Crippen LogP contribution is -2.58. The van der Waals surface area contributed by atoms with Crippen LogP contribution >= 0.6 is 11.3 Å². The number of rotatable bonds is 7. The number of likely N-dealkylation sites (tertiary alicyclic amines) is 1. The molecule has 4 rings (SSSR count). The summed E-state index contributed by atoms with van der Waals surface area (Å²) in [6, 6.07) is 6.64. The van der Waals surface area contributed by atoms with Crippen molar-refractivity contribution in [3.05, 3.63) is 35.0 Å². The van der Waals surface area contributed by atoms with E-state index in [-0.39, 0.29) is 11.8 Å². The predicted molar refractivity (Wildman–Crippen MR) is 144 cm³/mol. The van der Waals surface area contributed by atoms with Gasteiger partial charge in [0.1, 0.15) is 17.5 Å². The van der Waals surface area contributed by atoms with Crippen LogP contribution in [-0.2, 0) is 20.8 Å². The molecule has 1 aliphatic heterocycles. The standard InChI is InChI=1S/C28H35N5O3S/c1-6-18-14-19(22-17(2)30-16-37-22)9-10-20(18)31-24(34)21-8-7-13-33(21)25(35)23(27(3,4)5)32-26(36)28(15-29)11-12-28/h9-10,14,16,21,23H,6-8,11-13H2,1-5H3,(H,31,34)(H,32,36). The molecule has 1 saturated carbocycles. The smallest absolute Gasteiger partial charge is 0.247 e. The summed E-state index contributed by atoms with van der Waals surface area (Å²) < 4.78 is 0. The quantitative estimate of drug-likeness (QED) is 0.559. The highest BCUT2D eigenvalue weighted by Gasteiger charge is 2.53. The summed E-state index contributed by atoms with van der Waals surface area (Å²) in [5.74, 6) is -0.900. The maximum atomic E-state index is 13.7. The number of aromatic nitrogens is 1. The summed E-state index contributed by atoms with van der Waals surface area (Å²) in [7, 11) is 0. The van der Waals surface area contributed by atoms with Crippen LogP contribution in [0.4, 0.5) is 5.69 Å². The van der Waals surface area contributed by atoms with Crippen molar-refractivity contribution in [2.45, 2.75) is 78.8 Å². The lowest BCUT2D eigenvalue weighted by molar-refractivity contribution is -0.143. The molecule has 2 aromatic rings. The van der Waals surface area contributed by atoms with Gasteiger partial charge in [0.2, 0.25) is 17.7 Å². The van der Waals surface area contributed by atoms with Gasteiger partial charge in [-0.15, -0.1) is 11.3 Å². The molecule has 1 aliphatic carbocycles. The zero-order valence-corrected chi connectivity index (χ0v) is 23.0. The summed E-state index contributed by atoms with van der Waals surface area (Å²) in [6.07, 6.45) is 3.03. The van der Waals surface area contributed by atoms with E-state index in [1.807, 2.05) is 52.3 Å². The van der Waals surface area contributed by atoms with E-state index in [4.69, 9.17) is 0 Å². The normalized spacial score (nSPS) is 19.1. The average molecular weight is 522 g/mol. The average Bonchev–Trinajstić information content (AvgIpc) is 3.29. The summed E-state index contributed by atoms with van der Waals surface area (Å²) in [5, 5.41) is 15.3. The Hall–Kier alpha value is -3.25. The van der Waals surface area contributed by atoms with Gasteiger partial charge in [0.05, 0.1) is 22.2 Å². The Balaban J connectivity index is 1.51. The number of nitrogens with zero attached hydrogens (tertiary/aromatic N) is 3. The number of thiazole rings is 1. The van der Waals surface area contributed by atoms with Gasteiger partial charge in [-0.3, -0.25) is 14.4 Å². The molecule has 1 saturated heterocycles. The molecule has 2 atom stereocenters. The van der Waals surface area contributed by atoms with Crippen molar-refractivity contribution in [1.82, 2.24) is 15.2 Å². The van der Waals surface area contributed by atoms with Crippen molar-refractivity contribution in [1.29, 1.82) is 5.26 Å². The molecule has 37 heavy (non-hydrogen) atoms. The number of carbonyl (C=O) groups excluding carboxylic acids is 3. The summed E-state index contributed by atoms with van der Waals surface area (Å²) in [4.78, 5) is 47.0. The van der Waals surface area contributed by atoms with E-state index in [1.54, 1.807) is 16.2 Å². The number of benzene rings is 1. The third-order valence-electron chi connectivity index (χ3n) is 7.38. The number of carbonyl (C=O) groups is 3. The van der Waals surface area contributed by atoms with E-state index in [2.05, 4.69) is 27.8 Å². The van der Waals surface area contributed by atoms with E-state index >= 15 is 0 Å². The van der Waals surface area contributed by atoms with Crippen molar-refractivity contribution >= 4 is 34.7 Å². The second kappa shape index (κ2) is 10.3. The lowest BCUT2D eigenvalue weighted by Gasteiger charge is -2.35. The molecule has 0 bridgehead atoms. The maximum absolute atomic E-state index is 13.7. The summed E-state index contributed by atoms with van der Waals surface area (Å²) in [5.41, 5.74) is 4.03. The molecular formula is C28H35N5O3S. The number of hydrogen-bond acceptors (Lipinski definition) is 6. The minimum atomic E-state index is -1.02. The number of hydrogen-bond donors (Lipinski definition) is 2. The SMILES string of the molecule is CCc1cc(-c2scnc2C)ccc1NC(=O)C1CCCN1C(=O)C(NC(=O)C1(C#N)CC1)C(C)(C)C. The van der Waals surface area contributed by atoms with Crippen LogP contribution in [0.3, 0.4) is 0 Å². The predicted octanol–water partition coefficient (Wildman–Crippen LogP) is 4.45. The third kappa shape index (κ3) is 5.40. The topological polar surface area (TPSA) is 115 Å². The van der Waals surface area contributed by atoms with E-state index in [0.717, 1.165) is 33.8 Å². The number of amides is 3. The van der Waals surface area contributed by atoms with Gasteiger partial charge in [-0.1, -0.05) is 33.8 Å². The van der Waals surface area contributed by atoms with Crippen LogP contribution in [0.2, 0.25) is 0 Å². The number of aryl methyl sites for hydroxylation is 2. The van der Waals surface area contributed by atoms with E-state index in [0.29, 0.717) is 32.2 Å². The molecule has 3 amide bonds. The van der Waals surface area contributed by atoms with E-state index in [9.17, 15) is 19.6 Å². The van der Waals surface area contributed by atoms with Crippen LogP contribution in [0.5, 0.6) is 0 Å². The maximum Gasteiger partial charge on any atom is 0.247 e. The fraction of sp³-hybridized carbons (Fsp3) is 0.536. The van der Waals surface area contributed by atoms with Crippen LogP contribution in [0, 0.1) is 29.1 Å². The van der Waals surface area contributed by atoms with Gasteiger partial charge >= 0.3 is 0 Å². The van der Waals surface area contributed by atoms with Crippen LogP contribution in [0.1, 0.15) is 64.6 Å². The molecule has 1 aromatic carbocycles. The van der Waals surface area contributed by atoms with Crippen molar-refractivity contribution in [2.24, 2.45) is 10.8 Å². The van der Waals surface area contributed by atoms with Gasteiger partial charge in [-0.2, -0.15) is 5.26 Å². The Bertz CT molecular complexity index is 1250. The molecule has 0 radical (unpaired) electrons. The molecule has 2 heterocycles. The fourth-order valence-electron chi connectivity index (χ4n) is 4.85. The largest absolute Gasteiger partial charge is 0.342 e. The molecule has 2 aliphatic rings. The Morgan fingerprint density at radius 3 is 2.59 bits per heavy atom. The second-order valence-corrected chi connectivity index (χ2v) is 12.0. The van der Waals surface area contributed by atoms with Crippen LogP contribution < -0.4 is 10.6 Å². The molecule has 2 unspecified atom stereocenters. The minimum Gasteiger partial charge on any atom is -0.342 e. The van der Waals surface area contributed by atoms with Crippen LogP contribution in [0.25, 0.3) is 10.4 Å². The van der Waals surface area contributed by atoms with E-state index in [1.165, 1.54) is 0 Å². The minimum absolute atomic E-state index is 0.225. The van der Waals surface area contributed by atoms with Gasteiger partial charge in [0, 0.05) is 12.2 Å². The molecule has 9 heteroatoms. The molecule has 2 fully saturated rings. The second-order valence-electron chi connectivity index (χ2n) is 11.1. The number of nitrogens with one attached hydrogen (secondary N) is 2. The van der Waals surface area contributed by atoms with E-state index < -0.39 is 28.8 Å². The first-order valence-electron chi connectivity index (χ1n) is 12.9. The molecular weight excluding hydrogens is 486 g/mol.